The maximum absolute atomic E-state index is 13.4. The van der Waals surface area contributed by atoms with E-state index in [1.165, 1.54) is 6.20 Å². The molecule has 2 aromatic rings. The van der Waals surface area contributed by atoms with E-state index in [9.17, 15) is 22.4 Å². The molecule has 0 unspecified atom stereocenters. The van der Waals surface area contributed by atoms with Gasteiger partial charge in [0.2, 0.25) is 0 Å². The first-order valence-corrected chi connectivity index (χ1v) is 7.21. The summed E-state index contributed by atoms with van der Waals surface area (Å²) in [5.41, 5.74) is -1.54. The molecule has 136 valence electrons. The Balaban J connectivity index is 2.18. The van der Waals surface area contributed by atoms with Crippen LogP contribution in [0.5, 0.6) is 0 Å². The number of urea groups is 1. The molecule has 2 rings (SSSR count). The number of benzene rings is 1. The fourth-order valence-corrected chi connectivity index (χ4v) is 2.12. The van der Waals surface area contributed by atoms with E-state index < -0.39 is 23.6 Å². The van der Waals surface area contributed by atoms with Crippen LogP contribution in [0.1, 0.15) is 11.4 Å². The fourth-order valence-electron chi connectivity index (χ4n) is 2.12. The third-order valence-electron chi connectivity index (χ3n) is 3.39. The van der Waals surface area contributed by atoms with Gasteiger partial charge in [-0.3, -0.25) is 0 Å². The first-order valence-electron chi connectivity index (χ1n) is 7.21. The van der Waals surface area contributed by atoms with Gasteiger partial charge in [0.1, 0.15) is 11.6 Å². The van der Waals surface area contributed by atoms with Crippen molar-refractivity contribution in [3.05, 3.63) is 47.8 Å². The molecule has 25 heavy (non-hydrogen) atoms. The lowest BCUT2D eigenvalue weighted by atomic mass is 10.2. The molecule has 0 fully saturated rings. The van der Waals surface area contributed by atoms with E-state index in [2.05, 4.69) is 10.3 Å². The highest BCUT2D eigenvalue weighted by Gasteiger charge is 2.31. The molecule has 1 heterocycles. The number of nitrogens with one attached hydrogen (secondary N) is 1. The molecule has 2 amide bonds. The van der Waals surface area contributed by atoms with E-state index in [1.807, 2.05) is 0 Å². The van der Waals surface area contributed by atoms with Gasteiger partial charge in [0.05, 0.1) is 18.7 Å². The first-order chi connectivity index (χ1) is 11.7. The molecule has 2 N–H and O–H groups in total. The van der Waals surface area contributed by atoms with Crippen LogP contribution < -0.4 is 5.32 Å². The summed E-state index contributed by atoms with van der Waals surface area (Å²) in [6.07, 6.45) is -1.56. The van der Waals surface area contributed by atoms with Crippen molar-refractivity contribution >= 4 is 11.7 Å². The third-order valence-corrected chi connectivity index (χ3v) is 3.39. The van der Waals surface area contributed by atoms with Gasteiger partial charge >= 0.3 is 12.2 Å². The highest BCUT2D eigenvalue weighted by Crippen LogP contribution is 2.31. The van der Waals surface area contributed by atoms with Crippen LogP contribution in [0.2, 0.25) is 0 Å². The zero-order valence-corrected chi connectivity index (χ0v) is 13.2. The number of aryl methyl sites for hydroxylation is 1. The molecule has 1 aromatic heterocycles. The predicted octanol–water partition coefficient (Wildman–Crippen LogP) is 2.60. The standard InChI is InChI=1S/C15H16F4N4O2/c1-22-3-2-20-13(22)9-23(4-5-24)14(25)21-12-7-10(15(17,18)19)6-11(16)8-12/h2-3,6-8,24H,4-5,9H2,1H3,(H,21,25). The average Bonchev–Trinajstić information content (AvgIpc) is 2.90. The van der Waals surface area contributed by atoms with Crippen LogP contribution in [0.15, 0.2) is 30.6 Å². The molecule has 0 radical (unpaired) electrons. The highest BCUT2D eigenvalue weighted by molar-refractivity contribution is 5.89. The van der Waals surface area contributed by atoms with Crippen LogP contribution in [-0.4, -0.2) is 38.7 Å². The van der Waals surface area contributed by atoms with Gasteiger partial charge in [-0.15, -0.1) is 0 Å². The van der Waals surface area contributed by atoms with Crippen LogP contribution in [-0.2, 0) is 19.8 Å². The van der Waals surface area contributed by atoms with Crippen LogP contribution in [0.4, 0.5) is 28.0 Å². The summed E-state index contributed by atoms with van der Waals surface area (Å²) in [6.45, 7) is -0.397. The molecule has 6 nitrogen and oxygen atoms in total. The first kappa shape index (κ1) is 18.7. The second kappa shape index (κ2) is 7.51. The number of anilines is 1. The molecule has 0 spiro atoms. The van der Waals surface area contributed by atoms with Gasteiger partial charge in [-0.2, -0.15) is 13.2 Å². The van der Waals surface area contributed by atoms with Crippen molar-refractivity contribution in [2.75, 3.05) is 18.5 Å². The number of alkyl halides is 3. The Hall–Kier alpha value is -2.62. The van der Waals surface area contributed by atoms with Crippen molar-refractivity contribution < 1.29 is 27.5 Å². The van der Waals surface area contributed by atoms with Gasteiger partial charge in [0, 0.05) is 31.7 Å². The number of aromatic nitrogens is 2. The molecule has 0 bridgehead atoms. The molecule has 10 heteroatoms. The zero-order valence-electron chi connectivity index (χ0n) is 13.2. The quantitative estimate of drug-likeness (QED) is 0.806. The van der Waals surface area contributed by atoms with Crippen LogP contribution in [0.3, 0.4) is 0 Å². The number of nitrogens with zero attached hydrogens (tertiary/aromatic N) is 3. The molecule has 0 saturated carbocycles. The van der Waals surface area contributed by atoms with Crippen molar-refractivity contribution in [3.8, 4) is 0 Å². The van der Waals surface area contributed by atoms with Crippen molar-refractivity contribution in [1.82, 2.24) is 14.5 Å². The number of carbonyl (C=O) groups is 1. The van der Waals surface area contributed by atoms with E-state index in [1.54, 1.807) is 17.8 Å². The Morgan fingerprint density at radius 3 is 2.64 bits per heavy atom. The summed E-state index contributed by atoms with van der Waals surface area (Å²) in [7, 11) is 1.71. The van der Waals surface area contributed by atoms with E-state index in [0.717, 1.165) is 11.0 Å². The number of aliphatic hydroxyl groups excluding tert-OH is 1. The van der Waals surface area contributed by atoms with E-state index in [4.69, 9.17) is 5.11 Å². The molecular formula is C15H16F4N4O2. The largest absolute Gasteiger partial charge is 0.416 e. The number of halogens is 4. The monoisotopic (exact) mass is 360 g/mol. The van der Waals surface area contributed by atoms with Crippen LogP contribution >= 0.6 is 0 Å². The molecule has 0 aliphatic carbocycles. The lowest BCUT2D eigenvalue weighted by molar-refractivity contribution is -0.137. The SMILES string of the molecule is Cn1ccnc1CN(CCO)C(=O)Nc1cc(F)cc(C(F)(F)F)c1. The Labute approximate surface area is 140 Å². The molecule has 0 saturated heterocycles. The van der Waals surface area contributed by atoms with Gasteiger partial charge in [0.25, 0.3) is 0 Å². The molecule has 0 aliphatic heterocycles. The smallest absolute Gasteiger partial charge is 0.395 e. The highest BCUT2D eigenvalue weighted by atomic mass is 19.4. The van der Waals surface area contributed by atoms with Crippen LogP contribution in [0, 0.1) is 5.82 Å². The van der Waals surface area contributed by atoms with Gasteiger partial charge in [-0.25, -0.2) is 14.2 Å². The lowest BCUT2D eigenvalue weighted by Crippen LogP contribution is -2.37. The van der Waals surface area contributed by atoms with Crippen molar-refractivity contribution in [2.24, 2.45) is 7.05 Å². The number of aliphatic hydroxyl groups is 1. The number of amides is 2. The Bertz CT molecular complexity index is 745. The summed E-state index contributed by atoms with van der Waals surface area (Å²) in [4.78, 5) is 17.5. The molecule has 0 atom stereocenters. The predicted molar refractivity (Wildman–Crippen MR) is 81.1 cm³/mol. The Kier molecular flexibility index (Phi) is 5.62. The Morgan fingerprint density at radius 1 is 1.36 bits per heavy atom. The summed E-state index contributed by atoms with van der Waals surface area (Å²) in [5, 5.41) is 11.3. The second-order valence-electron chi connectivity index (χ2n) is 5.26. The third kappa shape index (κ3) is 4.92. The topological polar surface area (TPSA) is 70.4 Å². The van der Waals surface area contributed by atoms with Gasteiger partial charge < -0.3 is 19.9 Å². The maximum atomic E-state index is 13.4. The van der Waals surface area contributed by atoms with E-state index in [-0.39, 0.29) is 25.4 Å². The minimum Gasteiger partial charge on any atom is -0.395 e. The molecule has 1 aromatic carbocycles. The summed E-state index contributed by atoms with van der Waals surface area (Å²) < 4.78 is 53.2. The Morgan fingerprint density at radius 2 is 2.08 bits per heavy atom. The van der Waals surface area contributed by atoms with E-state index in [0.29, 0.717) is 18.0 Å². The second-order valence-corrected chi connectivity index (χ2v) is 5.26. The lowest BCUT2D eigenvalue weighted by Gasteiger charge is -2.22. The van der Waals surface area contributed by atoms with Crippen molar-refractivity contribution in [2.45, 2.75) is 12.7 Å². The minimum absolute atomic E-state index is 0.0251. The molecule has 0 aliphatic rings. The van der Waals surface area contributed by atoms with E-state index >= 15 is 0 Å². The fraction of sp³-hybridized carbons (Fsp3) is 0.333. The zero-order chi connectivity index (χ0) is 18.6. The van der Waals surface area contributed by atoms with Crippen molar-refractivity contribution in [3.63, 3.8) is 0 Å². The minimum atomic E-state index is -4.74. The number of rotatable bonds is 5. The number of imidazole rings is 1. The average molecular weight is 360 g/mol. The van der Waals surface area contributed by atoms with Crippen molar-refractivity contribution in [1.29, 1.82) is 0 Å². The normalized spacial score (nSPS) is 11.4. The summed E-state index contributed by atoms with van der Waals surface area (Å²) in [5.74, 6) is -0.609. The van der Waals surface area contributed by atoms with Crippen LogP contribution in [0.25, 0.3) is 0 Å². The maximum Gasteiger partial charge on any atom is 0.416 e. The van der Waals surface area contributed by atoms with Gasteiger partial charge in [-0.05, 0) is 18.2 Å². The number of hydrogen-bond donors (Lipinski definition) is 2. The summed E-state index contributed by atoms with van der Waals surface area (Å²) in [6, 6.07) is 0.981. The van der Waals surface area contributed by atoms with Gasteiger partial charge in [0.15, 0.2) is 0 Å². The number of hydrogen-bond acceptors (Lipinski definition) is 3. The molecular weight excluding hydrogens is 344 g/mol. The van der Waals surface area contributed by atoms with Gasteiger partial charge in [-0.1, -0.05) is 0 Å². The number of carbonyl (C=O) groups excluding carboxylic acids is 1. The summed E-state index contributed by atoms with van der Waals surface area (Å²) >= 11 is 0.